The van der Waals surface area contributed by atoms with Crippen molar-refractivity contribution >= 4 is 16.6 Å². The third-order valence-electron chi connectivity index (χ3n) is 4.47. The minimum Gasteiger partial charge on any atom is -0.399 e. The minimum atomic E-state index is 0.713. The van der Waals surface area contributed by atoms with Gasteiger partial charge in [-0.05, 0) is 31.0 Å². The molecule has 0 spiro atoms. The van der Waals surface area contributed by atoms with Crippen LogP contribution in [0.2, 0.25) is 0 Å². The van der Waals surface area contributed by atoms with Crippen molar-refractivity contribution in [3.8, 4) is 5.82 Å². The summed E-state index contributed by atoms with van der Waals surface area (Å²) in [6.45, 7) is 4.21. The SMILES string of the molecule is CC1CCCCC1.Cc1nccc(-n2ncc3ccc(N)cc32)n1. The summed E-state index contributed by atoms with van der Waals surface area (Å²) in [5.41, 5.74) is 7.45. The monoisotopic (exact) mass is 323 g/mol. The third-order valence-corrected chi connectivity index (χ3v) is 4.47. The highest BCUT2D eigenvalue weighted by molar-refractivity contribution is 5.83. The lowest BCUT2D eigenvalue weighted by Gasteiger charge is -2.15. The Balaban J connectivity index is 0.000000203. The van der Waals surface area contributed by atoms with Crippen LogP contribution in [0, 0.1) is 12.8 Å². The van der Waals surface area contributed by atoms with Gasteiger partial charge in [-0.3, -0.25) is 0 Å². The molecule has 5 heteroatoms. The van der Waals surface area contributed by atoms with Crippen molar-refractivity contribution in [1.29, 1.82) is 0 Å². The number of anilines is 1. The van der Waals surface area contributed by atoms with Crippen LogP contribution < -0.4 is 5.73 Å². The second kappa shape index (κ2) is 7.43. The Kier molecular flexibility index (Phi) is 5.08. The molecule has 2 N–H and O–H groups in total. The molecule has 4 rings (SSSR count). The molecule has 1 fully saturated rings. The van der Waals surface area contributed by atoms with E-state index in [1.54, 1.807) is 17.1 Å². The lowest BCUT2D eigenvalue weighted by molar-refractivity contribution is 0.385. The fourth-order valence-corrected chi connectivity index (χ4v) is 3.09. The summed E-state index contributed by atoms with van der Waals surface area (Å²) in [6, 6.07) is 7.52. The molecule has 0 unspecified atom stereocenters. The number of aryl methyl sites for hydroxylation is 1. The summed E-state index contributed by atoms with van der Waals surface area (Å²) in [5, 5.41) is 5.36. The van der Waals surface area contributed by atoms with E-state index in [0.29, 0.717) is 5.69 Å². The van der Waals surface area contributed by atoms with E-state index in [1.807, 2.05) is 31.2 Å². The lowest BCUT2D eigenvalue weighted by Crippen LogP contribution is -2.01. The van der Waals surface area contributed by atoms with Crippen LogP contribution in [0.25, 0.3) is 16.7 Å². The summed E-state index contributed by atoms with van der Waals surface area (Å²) < 4.78 is 1.76. The van der Waals surface area contributed by atoms with Crippen molar-refractivity contribution in [3.05, 3.63) is 42.5 Å². The average Bonchev–Trinajstić information content (AvgIpc) is 2.99. The van der Waals surface area contributed by atoms with Crippen LogP contribution in [-0.4, -0.2) is 19.7 Å². The van der Waals surface area contributed by atoms with Crippen molar-refractivity contribution in [2.45, 2.75) is 46.0 Å². The highest BCUT2D eigenvalue weighted by atomic mass is 15.3. The average molecular weight is 323 g/mol. The number of fused-ring (bicyclic) bond motifs is 1. The summed E-state index contributed by atoms with van der Waals surface area (Å²) in [6.07, 6.45) is 11.0. The summed E-state index contributed by atoms with van der Waals surface area (Å²) in [5.74, 6) is 2.50. The normalized spacial score (nSPS) is 15.1. The third kappa shape index (κ3) is 3.91. The van der Waals surface area contributed by atoms with Gasteiger partial charge in [-0.25, -0.2) is 14.6 Å². The van der Waals surface area contributed by atoms with Crippen molar-refractivity contribution in [3.63, 3.8) is 0 Å². The maximum absolute atomic E-state index is 5.79. The van der Waals surface area contributed by atoms with Gasteiger partial charge in [0.05, 0.1) is 11.7 Å². The second-order valence-electron chi connectivity index (χ2n) is 6.58. The maximum Gasteiger partial charge on any atom is 0.157 e. The first kappa shape index (κ1) is 16.4. The Morgan fingerprint density at radius 3 is 2.58 bits per heavy atom. The zero-order chi connectivity index (χ0) is 16.9. The molecular formula is C19H25N5. The summed E-state index contributed by atoms with van der Waals surface area (Å²) in [7, 11) is 0. The molecule has 0 bridgehead atoms. The Morgan fingerprint density at radius 1 is 1.12 bits per heavy atom. The Morgan fingerprint density at radius 2 is 1.92 bits per heavy atom. The van der Waals surface area contributed by atoms with Gasteiger partial charge in [0, 0.05) is 23.3 Å². The minimum absolute atomic E-state index is 0.713. The zero-order valence-corrected chi connectivity index (χ0v) is 14.4. The summed E-state index contributed by atoms with van der Waals surface area (Å²) in [4.78, 5) is 8.41. The molecule has 1 saturated carbocycles. The molecule has 1 aliphatic rings. The first-order valence-corrected chi connectivity index (χ1v) is 8.67. The zero-order valence-electron chi connectivity index (χ0n) is 14.4. The van der Waals surface area contributed by atoms with Gasteiger partial charge in [0.1, 0.15) is 5.82 Å². The Hall–Kier alpha value is -2.43. The first-order chi connectivity index (χ1) is 11.6. The van der Waals surface area contributed by atoms with E-state index in [1.165, 1.54) is 32.1 Å². The van der Waals surface area contributed by atoms with Crippen LogP contribution in [-0.2, 0) is 0 Å². The van der Waals surface area contributed by atoms with Crippen molar-refractivity contribution in [2.24, 2.45) is 5.92 Å². The van der Waals surface area contributed by atoms with E-state index < -0.39 is 0 Å². The van der Waals surface area contributed by atoms with Gasteiger partial charge in [0.15, 0.2) is 5.82 Å². The van der Waals surface area contributed by atoms with Gasteiger partial charge in [-0.15, -0.1) is 0 Å². The number of rotatable bonds is 1. The number of hydrogen-bond donors (Lipinski definition) is 1. The first-order valence-electron chi connectivity index (χ1n) is 8.67. The highest BCUT2D eigenvalue weighted by Gasteiger charge is 2.07. The molecule has 0 radical (unpaired) electrons. The number of nitrogens with zero attached hydrogens (tertiary/aromatic N) is 4. The largest absolute Gasteiger partial charge is 0.399 e. The van der Waals surface area contributed by atoms with Crippen molar-refractivity contribution in [2.75, 3.05) is 5.73 Å². The number of benzene rings is 1. The van der Waals surface area contributed by atoms with Crippen molar-refractivity contribution in [1.82, 2.24) is 19.7 Å². The van der Waals surface area contributed by atoms with E-state index in [9.17, 15) is 0 Å². The van der Waals surface area contributed by atoms with Gasteiger partial charge in [-0.2, -0.15) is 5.10 Å². The predicted molar refractivity (Wildman–Crippen MR) is 98.1 cm³/mol. The molecule has 24 heavy (non-hydrogen) atoms. The van der Waals surface area contributed by atoms with Gasteiger partial charge in [0.2, 0.25) is 0 Å². The number of hydrogen-bond acceptors (Lipinski definition) is 4. The molecule has 0 amide bonds. The maximum atomic E-state index is 5.79. The van der Waals surface area contributed by atoms with E-state index in [4.69, 9.17) is 5.73 Å². The van der Waals surface area contributed by atoms with Gasteiger partial charge in [-0.1, -0.05) is 39.0 Å². The second-order valence-corrected chi connectivity index (χ2v) is 6.58. The van der Waals surface area contributed by atoms with Crippen LogP contribution in [0.1, 0.15) is 44.9 Å². The van der Waals surface area contributed by atoms with E-state index in [-0.39, 0.29) is 0 Å². The highest BCUT2D eigenvalue weighted by Crippen LogP contribution is 2.22. The predicted octanol–water partition coefficient (Wildman–Crippen LogP) is 4.29. The Labute approximate surface area is 142 Å². The quantitative estimate of drug-likeness (QED) is 0.678. The molecule has 2 aromatic heterocycles. The van der Waals surface area contributed by atoms with E-state index >= 15 is 0 Å². The van der Waals surface area contributed by atoms with Crippen molar-refractivity contribution < 1.29 is 0 Å². The van der Waals surface area contributed by atoms with Crippen LogP contribution in [0.15, 0.2) is 36.7 Å². The van der Waals surface area contributed by atoms with E-state index in [0.717, 1.165) is 28.5 Å². The fraction of sp³-hybridized carbons (Fsp3) is 0.421. The van der Waals surface area contributed by atoms with Crippen LogP contribution in [0.4, 0.5) is 5.69 Å². The number of nitrogens with two attached hydrogens (primary N) is 1. The lowest BCUT2D eigenvalue weighted by atomic mass is 9.91. The molecule has 2 heterocycles. The molecule has 3 aromatic rings. The van der Waals surface area contributed by atoms with Crippen LogP contribution in [0.3, 0.4) is 0 Å². The molecule has 1 aromatic carbocycles. The van der Waals surface area contributed by atoms with E-state index in [2.05, 4.69) is 22.0 Å². The smallest absolute Gasteiger partial charge is 0.157 e. The molecular weight excluding hydrogens is 298 g/mol. The topological polar surface area (TPSA) is 69.6 Å². The Bertz CT molecular complexity index is 802. The molecule has 1 aliphatic carbocycles. The summed E-state index contributed by atoms with van der Waals surface area (Å²) >= 11 is 0. The van der Waals surface area contributed by atoms with Gasteiger partial charge in [0.25, 0.3) is 0 Å². The van der Waals surface area contributed by atoms with Crippen LogP contribution >= 0.6 is 0 Å². The van der Waals surface area contributed by atoms with Crippen LogP contribution in [0.5, 0.6) is 0 Å². The molecule has 126 valence electrons. The van der Waals surface area contributed by atoms with Gasteiger partial charge >= 0.3 is 0 Å². The molecule has 0 saturated heterocycles. The number of nitrogen functional groups attached to an aromatic ring is 1. The molecule has 5 nitrogen and oxygen atoms in total. The molecule has 0 atom stereocenters. The molecule has 0 aliphatic heterocycles. The standard InChI is InChI=1S/C12H11N5.C7H14/c1-8-14-5-4-12(16-8)17-11-6-10(13)3-2-9(11)7-15-17;1-7-5-3-2-4-6-7/h2-7H,13H2,1H3;7H,2-6H2,1H3. The van der Waals surface area contributed by atoms with Gasteiger partial charge < -0.3 is 5.73 Å². The fourth-order valence-electron chi connectivity index (χ4n) is 3.09. The number of aromatic nitrogens is 4.